The van der Waals surface area contributed by atoms with Crippen LogP contribution in [0.1, 0.15) is 5.69 Å². The standard InChI is InChI=1S/C56H39N5/c1-38-18-16-31-49(57-38)48-30-17-29-45(39-32-34-42(35-33-39)51-36-50(40-19-6-2-7-20-40)58-55(59-51)43-23-10-4-11-24-43)54(48)47-28-15-14-27-46(47)53-37-52(41-21-8-3-9-22-41)60-56(61-53)44-25-12-5-13-26-44/h2-37H,1H3. The molecular weight excluding hydrogens is 743 g/mol. The molecule has 3 aromatic heterocycles. The Morgan fingerprint density at radius 1 is 0.246 bits per heavy atom. The molecule has 0 aliphatic heterocycles. The lowest BCUT2D eigenvalue weighted by Crippen LogP contribution is -1.99. The van der Waals surface area contributed by atoms with Gasteiger partial charge in [-0.3, -0.25) is 4.98 Å². The summed E-state index contributed by atoms with van der Waals surface area (Å²) in [4.78, 5) is 25.5. The fraction of sp³-hybridized carbons (Fsp3) is 0.0179. The van der Waals surface area contributed by atoms with Crippen LogP contribution in [0.25, 0.3) is 101 Å². The molecule has 288 valence electrons. The van der Waals surface area contributed by atoms with Crippen molar-refractivity contribution in [2.75, 3.05) is 0 Å². The van der Waals surface area contributed by atoms with Gasteiger partial charge in [0.05, 0.1) is 28.5 Å². The number of aromatic nitrogens is 5. The number of rotatable bonds is 9. The number of hydrogen-bond donors (Lipinski definition) is 0. The molecule has 0 bridgehead atoms. The maximum atomic E-state index is 5.27. The number of benzene rings is 7. The van der Waals surface area contributed by atoms with E-state index >= 15 is 0 Å². The van der Waals surface area contributed by atoms with E-state index < -0.39 is 0 Å². The normalized spacial score (nSPS) is 11.0. The van der Waals surface area contributed by atoms with E-state index in [9.17, 15) is 0 Å². The lowest BCUT2D eigenvalue weighted by molar-refractivity contribution is 1.18. The molecule has 0 aliphatic carbocycles. The summed E-state index contributed by atoms with van der Waals surface area (Å²) in [7, 11) is 0. The molecule has 0 N–H and O–H groups in total. The second-order valence-electron chi connectivity index (χ2n) is 14.9. The third-order valence-electron chi connectivity index (χ3n) is 10.8. The van der Waals surface area contributed by atoms with E-state index in [0.29, 0.717) is 11.6 Å². The Balaban J connectivity index is 1.14. The molecule has 0 unspecified atom stereocenters. The first kappa shape index (κ1) is 37.1. The first-order chi connectivity index (χ1) is 30.1. The van der Waals surface area contributed by atoms with Crippen LogP contribution in [-0.2, 0) is 0 Å². The molecule has 5 nitrogen and oxygen atoms in total. The number of hydrogen-bond acceptors (Lipinski definition) is 5. The van der Waals surface area contributed by atoms with Crippen molar-refractivity contribution in [2.45, 2.75) is 6.92 Å². The Labute approximate surface area is 355 Å². The molecule has 0 spiro atoms. The van der Waals surface area contributed by atoms with E-state index in [1.165, 1.54) is 0 Å². The summed E-state index contributed by atoms with van der Waals surface area (Å²) in [5, 5.41) is 0. The maximum Gasteiger partial charge on any atom is 0.160 e. The van der Waals surface area contributed by atoms with Crippen LogP contribution < -0.4 is 0 Å². The quantitative estimate of drug-likeness (QED) is 0.146. The summed E-state index contributed by atoms with van der Waals surface area (Å²) in [5.74, 6) is 1.36. The summed E-state index contributed by atoms with van der Waals surface area (Å²) in [6.07, 6.45) is 0. The third-order valence-corrected chi connectivity index (χ3v) is 10.8. The monoisotopic (exact) mass is 781 g/mol. The molecule has 0 amide bonds. The van der Waals surface area contributed by atoms with Gasteiger partial charge in [-0.05, 0) is 53.4 Å². The molecule has 0 radical (unpaired) electrons. The molecule has 3 heterocycles. The van der Waals surface area contributed by atoms with Gasteiger partial charge in [-0.2, -0.15) is 0 Å². The van der Waals surface area contributed by atoms with Crippen molar-refractivity contribution in [3.63, 3.8) is 0 Å². The second kappa shape index (κ2) is 16.6. The van der Waals surface area contributed by atoms with Crippen molar-refractivity contribution in [3.05, 3.63) is 224 Å². The smallest absolute Gasteiger partial charge is 0.160 e. The van der Waals surface area contributed by atoms with Crippen molar-refractivity contribution in [3.8, 4) is 101 Å². The Morgan fingerprint density at radius 3 is 1.18 bits per heavy atom. The van der Waals surface area contributed by atoms with Crippen molar-refractivity contribution in [1.82, 2.24) is 24.9 Å². The summed E-state index contributed by atoms with van der Waals surface area (Å²) >= 11 is 0. The van der Waals surface area contributed by atoms with Gasteiger partial charge in [-0.15, -0.1) is 0 Å². The van der Waals surface area contributed by atoms with Crippen LogP contribution in [0.3, 0.4) is 0 Å². The minimum absolute atomic E-state index is 0.673. The first-order valence-electron chi connectivity index (χ1n) is 20.4. The molecule has 0 saturated carbocycles. The Hall–Kier alpha value is -8.15. The predicted octanol–water partition coefficient (Wildman–Crippen LogP) is 14.0. The molecule has 61 heavy (non-hydrogen) atoms. The highest BCUT2D eigenvalue weighted by molar-refractivity contribution is 5.99. The van der Waals surface area contributed by atoms with Crippen LogP contribution in [-0.4, -0.2) is 24.9 Å². The summed E-state index contributed by atoms with van der Waals surface area (Å²) in [6, 6.07) is 75.1. The lowest BCUT2D eigenvalue weighted by Gasteiger charge is -2.19. The van der Waals surface area contributed by atoms with Crippen molar-refractivity contribution >= 4 is 0 Å². The topological polar surface area (TPSA) is 64.5 Å². The summed E-state index contributed by atoms with van der Waals surface area (Å²) in [5.41, 5.74) is 16.6. The van der Waals surface area contributed by atoms with Crippen molar-refractivity contribution in [1.29, 1.82) is 0 Å². The fourth-order valence-electron chi connectivity index (χ4n) is 7.86. The number of aryl methyl sites for hydroxylation is 1. The highest BCUT2D eigenvalue weighted by atomic mass is 14.9. The van der Waals surface area contributed by atoms with Gasteiger partial charge < -0.3 is 0 Å². The van der Waals surface area contributed by atoms with Gasteiger partial charge in [0.25, 0.3) is 0 Å². The Morgan fingerprint density at radius 2 is 0.639 bits per heavy atom. The predicted molar refractivity (Wildman–Crippen MR) is 249 cm³/mol. The zero-order chi connectivity index (χ0) is 41.0. The number of nitrogens with zero attached hydrogens (tertiary/aromatic N) is 5. The Bertz CT molecular complexity index is 3000. The van der Waals surface area contributed by atoms with E-state index in [-0.39, 0.29) is 0 Å². The van der Waals surface area contributed by atoms with Gasteiger partial charge >= 0.3 is 0 Å². The lowest BCUT2D eigenvalue weighted by atomic mass is 9.86. The van der Waals surface area contributed by atoms with Crippen LogP contribution >= 0.6 is 0 Å². The minimum Gasteiger partial charge on any atom is -0.253 e. The van der Waals surface area contributed by atoms with Gasteiger partial charge in [-0.25, -0.2) is 19.9 Å². The molecule has 0 fully saturated rings. The highest BCUT2D eigenvalue weighted by Gasteiger charge is 2.21. The molecule has 0 atom stereocenters. The average molecular weight is 782 g/mol. The average Bonchev–Trinajstić information content (AvgIpc) is 3.34. The summed E-state index contributed by atoms with van der Waals surface area (Å²) < 4.78 is 0. The van der Waals surface area contributed by atoms with Crippen LogP contribution in [0.5, 0.6) is 0 Å². The first-order valence-corrected chi connectivity index (χ1v) is 20.4. The molecule has 0 saturated heterocycles. The maximum absolute atomic E-state index is 5.27. The Kier molecular flexibility index (Phi) is 10.1. The largest absolute Gasteiger partial charge is 0.253 e. The van der Waals surface area contributed by atoms with E-state index in [1.54, 1.807) is 0 Å². The molecule has 10 rings (SSSR count). The SMILES string of the molecule is Cc1cccc(-c2cccc(-c3ccc(-c4cc(-c5ccccc5)nc(-c5ccccc5)n4)cc3)c2-c2ccccc2-c2cc(-c3ccccc3)nc(-c3ccccc3)n2)n1. The zero-order valence-electron chi connectivity index (χ0n) is 33.5. The fourth-order valence-corrected chi connectivity index (χ4v) is 7.86. The minimum atomic E-state index is 0.673. The molecule has 10 aromatic rings. The molecular formula is C56H39N5. The van der Waals surface area contributed by atoms with Crippen LogP contribution in [0, 0.1) is 6.92 Å². The van der Waals surface area contributed by atoms with Crippen LogP contribution in [0.4, 0.5) is 0 Å². The van der Waals surface area contributed by atoms with Gasteiger partial charge in [0, 0.05) is 44.6 Å². The van der Waals surface area contributed by atoms with Gasteiger partial charge in [0.1, 0.15) is 0 Å². The molecule has 5 heteroatoms. The third kappa shape index (κ3) is 7.76. The van der Waals surface area contributed by atoms with Crippen molar-refractivity contribution < 1.29 is 0 Å². The van der Waals surface area contributed by atoms with Gasteiger partial charge in [-0.1, -0.05) is 194 Å². The molecule has 7 aromatic carbocycles. The van der Waals surface area contributed by atoms with E-state index in [2.05, 4.69) is 140 Å². The van der Waals surface area contributed by atoms with Crippen LogP contribution in [0.2, 0.25) is 0 Å². The second-order valence-corrected chi connectivity index (χ2v) is 14.9. The van der Waals surface area contributed by atoms with Gasteiger partial charge in [0.2, 0.25) is 0 Å². The molecule has 0 aliphatic rings. The van der Waals surface area contributed by atoms with E-state index in [4.69, 9.17) is 24.9 Å². The van der Waals surface area contributed by atoms with E-state index in [0.717, 1.165) is 95.4 Å². The van der Waals surface area contributed by atoms with E-state index in [1.807, 2.05) is 85.8 Å². The number of pyridine rings is 1. The highest BCUT2D eigenvalue weighted by Crippen LogP contribution is 2.44. The van der Waals surface area contributed by atoms with Crippen LogP contribution in [0.15, 0.2) is 218 Å². The zero-order valence-corrected chi connectivity index (χ0v) is 33.5. The van der Waals surface area contributed by atoms with Crippen molar-refractivity contribution in [2.24, 2.45) is 0 Å². The summed E-state index contributed by atoms with van der Waals surface area (Å²) in [6.45, 7) is 2.04. The van der Waals surface area contributed by atoms with Gasteiger partial charge in [0.15, 0.2) is 11.6 Å².